The van der Waals surface area contributed by atoms with Crippen LogP contribution in [-0.4, -0.2) is 53.2 Å². The summed E-state index contributed by atoms with van der Waals surface area (Å²) in [5, 5.41) is 14.7. The second-order valence-electron chi connectivity index (χ2n) is 7.60. The lowest BCUT2D eigenvalue weighted by atomic mass is 10.2. The predicted molar refractivity (Wildman–Crippen MR) is 143 cm³/mol. The van der Waals surface area contributed by atoms with Gasteiger partial charge in [-0.2, -0.15) is 0 Å². The van der Waals surface area contributed by atoms with Gasteiger partial charge in [-0.25, -0.2) is 0 Å². The van der Waals surface area contributed by atoms with E-state index >= 15 is 0 Å². The number of benzene rings is 2. The fraction of sp³-hybridized carbons (Fsp3) is 0.308. The average molecular weight is 526 g/mol. The molecule has 0 saturated heterocycles. The molecule has 1 aromatic heterocycles. The minimum Gasteiger partial charge on any atom is -0.494 e. The van der Waals surface area contributed by atoms with Crippen molar-refractivity contribution in [1.29, 1.82) is 0 Å². The lowest BCUT2D eigenvalue weighted by molar-refractivity contribution is -0.116. The minimum absolute atomic E-state index is 0.157. The van der Waals surface area contributed by atoms with Crippen LogP contribution in [0.4, 0.5) is 5.69 Å². The quantitative estimate of drug-likeness (QED) is 0.256. The molecule has 0 atom stereocenters. The monoisotopic (exact) mass is 525 g/mol. The van der Waals surface area contributed by atoms with Gasteiger partial charge in [-0.15, -0.1) is 10.2 Å². The van der Waals surface area contributed by atoms with Gasteiger partial charge in [0.25, 0.3) is 0 Å². The van der Waals surface area contributed by atoms with Gasteiger partial charge in [-0.1, -0.05) is 17.8 Å². The number of hydrogen-bond acceptors (Lipinski definition) is 8. The molecule has 0 fully saturated rings. The molecule has 0 spiro atoms. The van der Waals surface area contributed by atoms with E-state index < -0.39 is 0 Å². The summed E-state index contributed by atoms with van der Waals surface area (Å²) in [7, 11) is 3.13. The Bertz CT molecular complexity index is 1230. The second kappa shape index (κ2) is 13.9. The normalized spacial score (nSPS) is 10.8. The number of hydrogen-bond donors (Lipinski definition) is 2. The zero-order chi connectivity index (χ0) is 26.6. The number of anilines is 1. The standard InChI is InChI=1S/C26H31N5O5S/c1-5-31-23(16-27-24(32)14-8-18-7-13-21(34-3)22(15-18)35-4)29-30-26(31)37-17-25(33)28-19-9-11-20(12-10-19)36-6-2/h7-15H,5-6,16-17H2,1-4H3,(H,27,32)(H,28,33). The minimum atomic E-state index is -0.274. The number of nitrogens with one attached hydrogen (secondary N) is 2. The summed E-state index contributed by atoms with van der Waals surface area (Å²) in [6, 6.07) is 12.6. The van der Waals surface area contributed by atoms with Crippen LogP contribution in [-0.2, 0) is 22.7 Å². The van der Waals surface area contributed by atoms with Gasteiger partial charge in [0.2, 0.25) is 11.8 Å². The molecule has 1 heterocycles. The van der Waals surface area contributed by atoms with Crippen molar-refractivity contribution < 1.29 is 23.8 Å². The molecule has 0 bridgehead atoms. The second-order valence-corrected chi connectivity index (χ2v) is 8.55. The van der Waals surface area contributed by atoms with Crippen LogP contribution in [0.25, 0.3) is 6.08 Å². The summed E-state index contributed by atoms with van der Waals surface area (Å²) in [6.07, 6.45) is 3.13. The molecular formula is C26H31N5O5S. The molecule has 3 rings (SSSR count). The Morgan fingerprint density at radius 1 is 1.03 bits per heavy atom. The van der Waals surface area contributed by atoms with Crippen LogP contribution in [0.15, 0.2) is 53.7 Å². The number of rotatable bonds is 13. The molecule has 3 aromatic rings. The Labute approximate surface area is 220 Å². The van der Waals surface area contributed by atoms with E-state index in [1.807, 2.05) is 36.6 Å². The average Bonchev–Trinajstić information content (AvgIpc) is 3.32. The van der Waals surface area contributed by atoms with E-state index in [0.717, 1.165) is 11.3 Å². The molecule has 196 valence electrons. The molecule has 37 heavy (non-hydrogen) atoms. The van der Waals surface area contributed by atoms with Crippen LogP contribution in [0, 0.1) is 0 Å². The lowest BCUT2D eigenvalue weighted by Gasteiger charge is -2.09. The van der Waals surface area contributed by atoms with Gasteiger partial charge in [0, 0.05) is 18.3 Å². The van der Waals surface area contributed by atoms with Gasteiger partial charge in [0.05, 0.1) is 33.1 Å². The molecule has 0 aliphatic carbocycles. The Kier molecular flexibility index (Phi) is 10.4. The van der Waals surface area contributed by atoms with Crippen molar-refractivity contribution in [2.75, 3.05) is 31.9 Å². The van der Waals surface area contributed by atoms with E-state index in [0.29, 0.717) is 41.3 Å². The van der Waals surface area contributed by atoms with Gasteiger partial charge in [-0.3, -0.25) is 9.59 Å². The molecule has 0 radical (unpaired) electrons. The summed E-state index contributed by atoms with van der Waals surface area (Å²) in [5.74, 6) is 2.29. The molecule has 2 amide bonds. The number of aromatic nitrogens is 3. The van der Waals surface area contributed by atoms with Crippen molar-refractivity contribution >= 4 is 35.3 Å². The number of carbonyl (C=O) groups excluding carboxylic acids is 2. The summed E-state index contributed by atoms with van der Waals surface area (Å²) in [6.45, 7) is 5.26. The molecule has 0 aliphatic heterocycles. The van der Waals surface area contributed by atoms with E-state index in [1.54, 1.807) is 44.6 Å². The van der Waals surface area contributed by atoms with Crippen molar-refractivity contribution in [3.05, 3.63) is 59.9 Å². The van der Waals surface area contributed by atoms with Crippen molar-refractivity contribution in [3.63, 3.8) is 0 Å². The van der Waals surface area contributed by atoms with Crippen LogP contribution in [0.1, 0.15) is 25.2 Å². The Hall–Kier alpha value is -3.99. The SMILES string of the molecule is CCOc1ccc(NC(=O)CSc2nnc(CNC(=O)C=Cc3ccc(OC)c(OC)c3)n2CC)cc1. The predicted octanol–water partition coefficient (Wildman–Crippen LogP) is 3.77. The van der Waals surface area contributed by atoms with Crippen LogP contribution in [0.2, 0.25) is 0 Å². The van der Waals surface area contributed by atoms with Crippen LogP contribution in [0.5, 0.6) is 17.2 Å². The number of carbonyl (C=O) groups is 2. The molecule has 2 N–H and O–H groups in total. The topological polar surface area (TPSA) is 117 Å². The molecular weight excluding hydrogens is 494 g/mol. The van der Waals surface area contributed by atoms with Gasteiger partial charge in [0.15, 0.2) is 22.5 Å². The highest BCUT2D eigenvalue weighted by atomic mass is 32.2. The van der Waals surface area contributed by atoms with E-state index in [-0.39, 0.29) is 24.1 Å². The van der Waals surface area contributed by atoms with Crippen LogP contribution in [0.3, 0.4) is 0 Å². The van der Waals surface area contributed by atoms with Gasteiger partial charge in [-0.05, 0) is 61.9 Å². The number of methoxy groups -OCH3 is 2. The van der Waals surface area contributed by atoms with E-state index in [9.17, 15) is 9.59 Å². The Morgan fingerprint density at radius 2 is 1.78 bits per heavy atom. The van der Waals surface area contributed by atoms with E-state index in [2.05, 4.69) is 20.8 Å². The van der Waals surface area contributed by atoms with Crippen LogP contribution < -0.4 is 24.8 Å². The highest BCUT2D eigenvalue weighted by Gasteiger charge is 2.14. The largest absolute Gasteiger partial charge is 0.494 e. The molecule has 10 nitrogen and oxygen atoms in total. The first-order chi connectivity index (χ1) is 18.0. The first-order valence-corrected chi connectivity index (χ1v) is 12.7. The maximum Gasteiger partial charge on any atom is 0.244 e. The first kappa shape index (κ1) is 27.6. The maximum absolute atomic E-state index is 12.4. The van der Waals surface area contributed by atoms with Crippen LogP contribution >= 0.6 is 11.8 Å². The van der Waals surface area contributed by atoms with Crippen molar-refractivity contribution in [1.82, 2.24) is 20.1 Å². The van der Waals surface area contributed by atoms with E-state index in [1.165, 1.54) is 17.8 Å². The zero-order valence-electron chi connectivity index (χ0n) is 21.3. The summed E-state index contributed by atoms with van der Waals surface area (Å²) in [5.41, 5.74) is 1.49. The fourth-order valence-electron chi connectivity index (χ4n) is 3.36. The van der Waals surface area contributed by atoms with Gasteiger partial charge >= 0.3 is 0 Å². The van der Waals surface area contributed by atoms with Gasteiger partial charge in [0.1, 0.15) is 5.75 Å². The molecule has 2 aromatic carbocycles. The van der Waals surface area contributed by atoms with Crippen molar-refractivity contribution in [2.24, 2.45) is 0 Å². The summed E-state index contributed by atoms with van der Waals surface area (Å²) in [4.78, 5) is 24.7. The third kappa shape index (κ3) is 8.01. The molecule has 0 saturated carbocycles. The van der Waals surface area contributed by atoms with Crippen molar-refractivity contribution in [2.45, 2.75) is 32.1 Å². The number of amides is 2. The van der Waals surface area contributed by atoms with E-state index in [4.69, 9.17) is 14.2 Å². The number of thioether (sulfide) groups is 1. The van der Waals surface area contributed by atoms with Gasteiger partial charge < -0.3 is 29.4 Å². The molecule has 0 aliphatic rings. The molecule has 11 heteroatoms. The fourth-order valence-corrected chi connectivity index (χ4v) is 4.18. The Morgan fingerprint density at radius 3 is 2.46 bits per heavy atom. The first-order valence-electron chi connectivity index (χ1n) is 11.7. The van der Waals surface area contributed by atoms with Crippen molar-refractivity contribution in [3.8, 4) is 17.2 Å². The smallest absolute Gasteiger partial charge is 0.244 e. The summed E-state index contributed by atoms with van der Waals surface area (Å²) >= 11 is 1.28. The summed E-state index contributed by atoms with van der Waals surface area (Å²) < 4.78 is 17.8. The molecule has 0 unspecified atom stereocenters. The maximum atomic E-state index is 12.4. The number of ether oxygens (including phenoxy) is 3. The lowest BCUT2D eigenvalue weighted by Crippen LogP contribution is -2.22. The zero-order valence-corrected chi connectivity index (χ0v) is 22.1. The number of nitrogens with zero attached hydrogens (tertiary/aromatic N) is 3. The third-order valence-electron chi connectivity index (χ3n) is 5.15. The Balaban J connectivity index is 1.51. The third-order valence-corrected chi connectivity index (χ3v) is 6.11. The highest BCUT2D eigenvalue weighted by molar-refractivity contribution is 7.99. The highest BCUT2D eigenvalue weighted by Crippen LogP contribution is 2.28.